The Hall–Kier alpha value is -0.250. The lowest BCUT2D eigenvalue weighted by Gasteiger charge is -2.33. The van der Waals surface area contributed by atoms with Gasteiger partial charge in [0.05, 0.1) is 18.4 Å². The first-order valence-corrected chi connectivity index (χ1v) is 9.62. The zero-order chi connectivity index (χ0) is 15.3. The monoisotopic (exact) mass is 322 g/mol. The lowest BCUT2D eigenvalue weighted by atomic mass is 9.96. The van der Waals surface area contributed by atoms with Crippen molar-refractivity contribution >= 4 is 7.60 Å². The molecule has 0 aromatic heterocycles. The average molecular weight is 322 g/mol. The van der Waals surface area contributed by atoms with Crippen LogP contribution in [-0.4, -0.2) is 30.7 Å². The maximum Gasteiger partial charge on any atom is 0.335 e. The van der Waals surface area contributed by atoms with E-state index in [1.807, 2.05) is 0 Å². The molecule has 2 aliphatic rings. The lowest BCUT2D eigenvalue weighted by molar-refractivity contribution is 0.0127. The molecule has 0 heterocycles. The summed E-state index contributed by atoms with van der Waals surface area (Å²) in [6.07, 6.45) is 3.08. The van der Waals surface area contributed by atoms with Crippen molar-refractivity contribution in [2.75, 3.05) is 6.16 Å². The molecule has 0 radical (unpaired) electrons. The van der Waals surface area contributed by atoms with Crippen LogP contribution in [0, 0.1) is 0 Å². The Bertz CT molecular complexity index is 363. The molecule has 0 aliphatic heterocycles. The summed E-state index contributed by atoms with van der Waals surface area (Å²) >= 11 is 0. The van der Waals surface area contributed by atoms with E-state index in [1.54, 1.807) is 0 Å². The van der Waals surface area contributed by atoms with Crippen LogP contribution in [0.15, 0.2) is 12.7 Å². The van der Waals surface area contributed by atoms with Crippen LogP contribution in [0.4, 0.5) is 8.78 Å². The highest BCUT2D eigenvalue weighted by Crippen LogP contribution is 2.53. The summed E-state index contributed by atoms with van der Waals surface area (Å²) in [5.74, 6) is 0. The summed E-state index contributed by atoms with van der Waals surface area (Å²) < 4.78 is 51.5. The van der Waals surface area contributed by atoms with E-state index in [1.165, 1.54) is 6.08 Å². The number of allylic oxidation sites excluding steroid dienone is 1. The number of rotatable bonds is 6. The summed E-state index contributed by atoms with van der Waals surface area (Å²) in [6.45, 7) is 3.55. The van der Waals surface area contributed by atoms with Gasteiger partial charge in [0.15, 0.2) is 0 Å². The van der Waals surface area contributed by atoms with Crippen LogP contribution in [0.3, 0.4) is 0 Å². The van der Waals surface area contributed by atoms with Crippen LogP contribution < -0.4 is 0 Å². The minimum Gasteiger partial charge on any atom is -0.302 e. The molecule has 122 valence electrons. The Morgan fingerprint density at radius 1 is 0.952 bits per heavy atom. The van der Waals surface area contributed by atoms with Crippen LogP contribution in [0.1, 0.15) is 51.4 Å². The van der Waals surface area contributed by atoms with Gasteiger partial charge in [-0.05, 0) is 25.7 Å². The van der Waals surface area contributed by atoms with E-state index in [-0.39, 0.29) is 6.16 Å². The summed E-state index contributed by atoms with van der Waals surface area (Å²) in [6, 6.07) is 0. The molecule has 3 nitrogen and oxygen atoms in total. The van der Waals surface area contributed by atoms with E-state index in [0.717, 1.165) is 25.7 Å². The van der Waals surface area contributed by atoms with Gasteiger partial charge in [-0.25, -0.2) is 8.78 Å². The zero-order valence-electron chi connectivity index (χ0n) is 12.4. The van der Waals surface area contributed by atoms with Crippen molar-refractivity contribution in [1.29, 1.82) is 0 Å². The van der Waals surface area contributed by atoms with Gasteiger partial charge in [-0.2, -0.15) is 0 Å². The van der Waals surface area contributed by atoms with Crippen molar-refractivity contribution in [3.8, 4) is 0 Å². The standard InChI is InChI=1S/C15H25F2O3P/c1-2-11-21(18,19-14-9-5-3-7-12(14)16)20-15-10-6-4-8-13(15)17/h2,12-15H,1,3-11H2. The first kappa shape index (κ1) is 17.1. The van der Waals surface area contributed by atoms with Gasteiger partial charge >= 0.3 is 7.60 Å². The molecule has 0 N–H and O–H groups in total. The second kappa shape index (κ2) is 7.85. The van der Waals surface area contributed by atoms with Crippen LogP contribution in [-0.2, 0) is 13.6 Å². The normalized spacial score (nSPS) is 36.9. The fraction of sp³-hybridized carbons (Fsp3) is 0.867. The predicted octanol–water partition coefficient (Wildman–Crippen LogP) is 4.96. The average Bonchev–Trinajstić information content (AvgIpc) is 2.44. The van der Waals surface area contributed by atoms with Gasteiger partial charge in [0.1, 0.15) is 12.3 Å². The van der Waals surface area contributed by atoms with Crippen LogP contribution in [0.25, 0.3) is 0 Å². The maximum absolute atomic E-state index is 13.9. The zero-order valence-corrected chi connectivity index (χ0v) is 13.3. The Balaban J connectivity index is 2.00. The van der Waals surface area contributed by atoms with Crippen molar-refractivity contribution < 1.29 is 22.4 Å². The Kier molecular flexibility index (Phi) is 6.39. The predicted molar refractivity (Wildman–Crippen MR) is 79.1 cm³/mol. The van der Waals surface area contributed by atoms with Crippen LogP contribution in [0.2, 0.25) is 0 Å². The third kappa shape index (κ3) is 4.87. The van der Waals surface area contributed by atoms with Crippen molar-refractivity contribution in [1.82, 2.24) is 0 Å². The van der Waals surface area contributed by atoms with E-state index in [0.29, 0.717) is 25.7 Å². The number of hydrogen-bond donors (Lipinski definition) is 0. The summed E-state index contributed by atoms with van der Waals surface area (Å²) in [5.41, 5.74) is 0. The van der Waals surface area contributed by atoms with Gasteiger partial charge in [-0.1, -0.05) is 31.8 Å². The molecule has 2 rings (SSSR count). The molecule has 0 spiro atoms. The highest BCUT2D eigenvalue weighted by molar-refractivity contribution is 7.54. The minimum atomic E-state index is -3.53. The van der Waals surface area contributed by atoms with E-state index in [4.69, 9.17) is 9.05 Å². The second-order valence-corrected chi connectivity index (χ2v) is 7.98. The molecular weight excluding hydrogens is 297 g/mol. The third-order valence-corrected chi connectivity index (χ3v) is 6.08. The molecule has 2 saturated carbocycles. The highest BCUT2D eigenvalue weighted by Gasteiger charge is 2.38. The van der Waals surface area contributed by atoms with Crippen molar-refractivity contribution in [3.63, 3.8) is 0 Å². The molecule has 2 aliphatic carbocycles. The first-order valence-electron chi connectivity index (χ1n) is 7.89. The van der Waals surface area contributed by atoms with Gasteiger partial charge in [-0.3, -0.25) is 4.57 Å². The summed E-state index contributed by atoms with van der Waals surface area (Å²) in [5, 5.41) is 0. The van der Waals surface area contributed by atoms with E-state index in [2.05, 4.69) is 6.58 Å². The van der Waals surface area contributed by atoms with Crippen molar-refractivity contribution in [2.24, 2.45) is 0 Å². The Morgan fingerprint density at radius 3 is 1.76 bits per heavy atom. The fourth-order valence-corrected chi connectivity index (χ4v) is 4.86. The topological polar surface area (TPSA) is 35.5 Å². The lowest BCUT2D eigenvalue weighted by Crippen LogP contribution is -2.32. The molecule has 0 bridgehead atoms. The minimum absolute atomic E-state index is 0.000556. The molecular formula is C15H25F2O3P. The highest BCUT2D eigenvalue weighted by atomic mass is 31.2. The summed E-state index contributed by atoms with van der Waals surface area (Å²) in [4.78, 5) is 0. The second-order valence-electron chi connectivity index (χ2n) is 5.97. The fourth-order valence-electron chi connectivity index (χ4n) is 3.02. The van der Waals surface area contributed by atoms with E-state index in [9.17, 15) is 13.3 Å². The van der Waals surface area contributed by atoms with Gasteiger partial charge < -0.3 is 9.05 Å². The smallest absolute Gasteiger partial charge is 0.302 e. The number of alkyl halides is 2. The molecule has 2 fully saturated rings. The maximum atomic E-state index is 13.9. The van der Waals surface area contributed by atoms with Crippen molar-refractivity contribution in [3.05, 3.63) is 12.7 Å². The van der Waals surface area contributed by atoms with Gasteiger partial charge in [0.2, 0.25) is 0 Å². The molecule has 0 saturated heterocycles. The molecule has 4 unspecified atom stereocenters. The van der Waals surface area contributed by atoms with Gasteiger partial charge in [0.25, 0.3) is 0 Å². The van der Waals surface area contributed by atoms with Crippen molar-refractivity contribution in [2.45, 2.75) is 75.9 Å². The largest absolute Gasteiger partial charge is 0.335 e. The van der Waals surface area contributed by atoms with Gasteiger partial charge in [-0.15, -0.1) is 6.58 Å². The van der Waals surface area contributed by atoms with Crippen LogP contribution in [0.5, 0.6) is 0 Å². The molecule has 6 heteroatoms. The third-order valence-electron chi connectivity index (χ3n) is 4.19. The SMILES string of the molecule is C=CCP(=O)(OC1CCCCC1F)OC1CCCCC1F. The van der Waals surface area contributed by atoms with Crippen LogP contribution >= 0.6 is 7.60 Å². The molecule has 4 atom stereocenters. The molecule has 0 amide bonds. The quantitative estimate of drug-likeness (QED) is 0.512. The molecule has 0 aromatic rings. The molecule has 21 heavy (non-hydrogen) atoms. The van der Waals surface area contributed by atoms with E-state index >= 15 is 0 Å². The number of hydrogen-bond acceptors (Lipinski definition) is 3. The van der Waals surface area contributed by atoms with E-state index < -0.39 is 32.1 Å². The summed E-state index contributed by atoms with van der Waals surface area (Å²) in [7, 11) is -3.53. The molecule has 0 aromatic carbocycles. The Labute approximate surface area is 125 Å². The van der Waals surface area contributed by atoms with Gasteiger partial charge in [0, 0.05) is 0 Å². The Morgan fingerprint density at radius 2 is 1.38 bits per heavy atom. The first-order chi connectivity index (χ1) is 10.0. The number of halogens is 2.